The molecule has 4 nitrogen and oxygen atoms in total. The van der Waals surface area contributed by atoms with Crippen molar-refractivity contribution in [1.29, 1.82) is 0 Å². The number of nitrogens with one attached hydrogen (secondary N) is 1. The van der Waals surface area contributed by atoms with Gasteiger partial charge in [-0.2, -0.15) is 0 Å². The lowest BCUT2D eigenvalue weighted by molar-refractivity contribution is -0.123. The van der Waals surface area contributed by atoms with E-state index in [9.17, 15) is 4.79 Å². The van der Waals surface area contributed by atoms with Crippen molar-refractivity contribution in [2.24, 2.45) is 17.6 Å². The van der Waals surface area contributed by atoms with E-state index in [-0.39, 0.29) is 12.0 Å². The van der Waals surface area contributed by atoms with Crippen LogP contribution in [0.25, 0.3) is 0 Å². The molecular weight excluding hydrogens is 216 g/mol. The highest BCUT2D eigenvalue weighted by molar-refractivity contribution is 5.76. The molecule has 0 bridgehead atoms. The Hall–Kier alpha value is -0.610. The van der Waals surface area contributed by atoms with Gasteiger partial charge in [0.05, 0.1) is 12.5 Å². The van der Waals surface area contributed by atoms with Crippen molar-refractivity contribution in [3.63, 3.8) is 0 Å². The summed E-state index contributed by atoms with van der Waals surface area (Å²) in [6.45, 7) is 2.37. The summed E-state index contributed by atoms with van der Waals surface area (Å²) in [5.41, 5.74) is 5.73. The summed E-state index contributed by atoms with van der Waals surface area (Å²) in [5, 5.41) is 3.04. The van der Waals surface area contributed by atoms with Crippen LogP contribution in [0.5, 0.6) is 0 Å². The monoisotopic (exact) mass is 240 g/mol. The zero-order chi connectivity index (χ0) is 12.1. The van der Waals surface area contributed by atoms with Gasteiger partial charge in [0.2, 0.25) is 5.91 Å². The average Bonchev–Trinajstić information content (AvgIpc) is 2.96. The van der Waals surface area contributed by atoms with Crippen LogP contribution in [0, 0.1) is 11.8 Å². The lowest BCUT2D eigenvalue weighted by atomic mass is 9.96. The molecular formula is C13H24N2O2. The van der Waals surface area contributed by atoms with Crippen LogP contribution in [0.3, 0.4) is 0 Å². The van der Waals surface area contributed by atoms with E-state index in [2.05, 4.69) is 5.32 Å². The number of hydrogen-bond acceptors (Lipinski definition) is 3. The molecule has 1 saturated carbocycles. The van der Waals surface area contributed by atoms with E-state index in [0.717, 1.165) is 32.5 Å². The summed E-state index contributed by atoms with van der Waals surface area (Å²) < 4.78 is 5.46. The van der Waals surface area contributed by atoms with Gasteiger partial charge in [0.25, 0.3) is 0 Å². The summed E-state index contributed by atoms with van der Waals surface area (Å²) in [4.78, 5) is 11.7. The Morgan fingerprint density at radius 2 is 2.06 bits per heavy atom. The Morgan fingerprint density at radius 3 is 2.76 bits per heavy atom. The first-order chi connectivity index (χ1) is 8.29. The number of nitrogens with two attached hydrogens (primary N) is 1. The SMILES string of the molecule is NCC1CCCC1CNC(=O)CC1CCCO1. The van der Waals surface area contributed by atoms with Gasteiger partial charge in [-0.25, -0.2) is 0 Å². The molecule has 0 radical (unpaired) electrons. The minimum atomic E-state index is 0.138. The first-order valence-corrected chi connectivity index (χ1v) is 6.88. The fourth-order valence-corrected chi connectivity index (χ4v) is 3.02. The van der Waals surface area contributed by atoms with Crippen LogP contribution in [0.15, 0.2) is 0 Å². The van der Waals surface area contributed by atoms with Gasteiger partial charge in [-0.3, -0.25) is 4.79 Å². The third kappa shape index (κ3) is 3.68. The molecule has 1 aliphatic carbocycles. The maximum atomic E-state index is 11.7. The highest BCUT2D eigenvalue weighted by Gasteiger charge is 2.26. The molecule has 2 aliphatic rings. The normalized spacial score (nSPS) is 32.9. The summed E-state index contributed by atoms with van der Waals surface area (Å²) in [7, 11) is 0. The van der Waals surface area contributed by atoms with Gasteiger partial charge >= 0.3 is 0 Å². The molecule has 1 saturated heterocycles. The third-order valence-corrected chi connectivity index (χ3v) is 4.12. The second-order valence-corrected chi connectivity index (χ2v) is 5.33. The molecule has 4 heteroatoms. The molecule has 3 atom stereocenters. The van der Waals surface area contributed by atoms with Crippen LogP contribution < -0.4 is 11.1 Å². The molecule has 0 aromatic rings. The largest absolute Gasteiger partial charge is 0.378 e. The first kappa shape index (κ1) is 12.8. The van der Waals surface area contributed by atoms with E-state index in [1.165, 1.54) is 19.3 Å². The van der Waals surface area contributed by atoms with Gasteiger partial charge < -0.3 is 15.8 Å². The predicted molar refractivity (Wildman–Crippen MR) is 66.5 cm³/mol. The molecule has 1 aliphatic heterocycles. The Balaban J connectivity index is 1.65. The van der Waals surface area contributed by atoms with Crippen molar-refractivity contribution < 1.29 is 9.53 Å². The lowest BCUT2D eigenvalue weighted by Gasteiger charge is -2.18. The fourth-order valence-electron chi connectivity index (χ4n) is 3.02. The number of amides is 1. The lowest BCUT2D eigenvalue weighted by Crippen LogP contribution is -2.34. The Labute approximate surface area is 103 Å². The van der Waals surface area contributed by atoms with Crippen molar-refractivity contribution in [2.75, 3.05) is 19.7 Å². The quantitative estimate of drug-likeness (QED) is 0.755. The zero-order valence-electron chi connectivity index (χ0n) is 10.5. The molecule has 0 spiro atoms. The van der Waals surface area contributed by atoms with Crippen LogP contribution in [-0.2, 0) is 9.53 Å². The van der Waals surface area contributed by atoms with Crippen molar-refractivity contribution in [2.45, 2.75) is 44.6 Å². The predicted octanol–water partition coefficient (Wildman–Crippen LogP) is 1.05. The van der Waals surface area contributed by atoms with Crippen LogP contribution in [0.2, 0.25) is 0 Å². The van der Waals surface area contributed by atoms with Gasteiger partial charge in [0.1, 0.15) is 0 Å². The van der Waals surface area contributed by atoms with E-state index in [1.54, 1.807) is 0 Å². The summed E-state index contributed by atoms with van der Waals surface area (Å²) in [6, 6.07) is 0. The topological polar surface area (TPSA) is 64.3 Å². The van der Waals surface area contributed by atoms with Gasteiger partial charge in [0, 0.05) is 13.2 Å². The summed E-state index contributed by atoms with van der Waals surface area (Å²) in [5.74, 6) is 1.34. The van der Waals surface area contributed by atoms with Crippen molar-refractivity contribution in [1.82, 2.24) is 5.32 Å². The third-order valence-electron chi connectivity index (χ3n) is 4.12. The Morgan fingerprint density at radius 1 is 1.24 bits per heavy atom. The molecule has 1 amide bonds. The molecule has 1 heterocycles. The Kier molecular flexibility index (Phi) is 4.80. The highest BCUT2D eigenvalue weighted by atomic mass is 16.5. The number of ether oxygens (including phenoxy) is 1. The molecule has 0 aromatic carbocycles. The van der Waals surface area contributed by atoms with Gasteiger partial charge in [-0.1, -0.05) is 6.42 Å². The minimum absolute atomic E-state index is 0.138. The number of rotatable bonds is 5. The van der Waals surface area contributed by atoms with E-state index in [1.807, 2.05) is 0 Å². The molecule has 3 N–H and O–H groups in total. The fraction of sp³-hybridized carbons (Fsp3) is 0.923. The maximum Gasteiger partial charge on any atom is 0.222 e. The van der Waals surface area contributed by atoms with E-state index in [0.29, 0.717) is 18.3 Å². The smallest absolute Gasteiger partial charge is 0.222 e. The van der Waals surface area contributed by atoms with Crippen LogP contribution >= 0.6 is 0 Å². The van der Waals surface area contributed by atoms with Crippen LogP contribution in [-0.4, -0.2) is 31.7 Å². The second kappa shape index (κ2) is 6.36. The molecule has 0 aromatic heterocycles. The van der Waals surface area contributed by atoms with Crippen molar-refractivity contribution in [3.8, 4) is 0 Å². The van der Waals surface area contributed by atoms with Gasteiger partial charge in [-0.15, -0.1) is 0 Å². The number of carbonyl (C=O) groups is 1. The molecule has 2 rings (SSSR count). The van der Waals surface area contributed by atoms with Crippen LogP contribution in [0.1, 0.15) is 38.5 Å². The van der Waals surface area contributed by atoms with Crippen molar-refractivity contribution in [3.05, 3.63) is 0 Å². The van der Waals surface area contributed by atoms with Crippen LogP contribution in [0.4, 0.5) is 0 Å². The highest BCUT2D eigenvalue weighted by Crippen LogP contribution is 2.30. The maximum absolute atomic E-state index is 11.7. The number of hydrogen-bond donors (Lipinski definition) is 2. The van der Waals surface area contributed by atoms with Gasteiger partial charge in [0.15, 0.2) is 0 Å². The zero-order valence-corrected chi connectivity index (χ0v) is 10.5. The van der Waals surface area contributed by atoms with E-state index < -0.39 is 0 Å². The molecule has 98 valence electrons. The van der Waals surface area contributed by atoms with E-state index >= 15 is 0 Å². The summed E-state index contributed by atoms with van der Waals surface area (Å²) >= 11 is 0. The van der Waals surface area contributed by atoms with E-state index in [4.69, 9.17) is 10.5 Å². The number of carbonyl (C=O) groups excluding carboxylic acids is 1. The first-order valence-electron chi connectivity index (χ1n) is 6.88. The molecule has 3 unspecified atom stereocenters. The summed E-state index contributed by atoms with van der Waals surface area (Å²) in [6.07, 6.45) is 6.50. The minimum Gasteiger partial charge on any atom is -0.378 e. The average molecular weight is 240 g/mol. The molecule has 2 fully saturated rings. The standard InChI is InChI=1S/C13H24N2O2/c14-8-10-3-1-4-11(10)9-15-13(16)7-12-5-2-6-17-12/h10-12H,1-9,14H2,(H,15,16). The van der Waals surface area contributed by atoms with Gasteiger partial charge in [-0.05, 0) is 44.1 Å². The van der Waals surface area contributed by atoms with Crippen molar-refractivity contribution >= 4 is 5.91 Å². The Bertz CT molecular complexity index is 252. The molecule has 17 heavy (non-hydrogen) atoms. The second-order valence-electron chi connectivity index (χ2n) is 5.33.